The molecule has 1 N–H and O–H groups in total. The summed E-state index contributed by atoms with van der Waals surface area (Å²) in [6, 6.07) is 6.93. The first-order chi connectivity index (χ1) is 9.54. The smallest absolute Gasteiger partial charge is 0.287 e. The molecule has 0 bridgehead atoms. The van der Waals surface area contributed by atoms with Crippen LogP contribution in [0.2, 0.25) is 0 Å². The van der Waals surface area contributed by atoms with Gasteiger partial charge in [0.25, 0.3) is 5.91 Å². The standard InChI is InChI=1S/C14H15BrN2O3/c1-9(2)19-13-6-3-10(7-16-13)8-17-14(18)11-4-5-12(15)20-11/h3-7,9H,8H2,1-2H3,(H,17,18). The monoisotopic (exact) mass is 338 g/mol. The van der Waals surface area contributed by atoms with Crippen molar-refractivity contribution in [1.29, 1.82) is 0 Å². The van der Waals surface area contributed by atoms with Gasteiger partial charge in [-0.15, -0.1) is 0 Å². The van der Waals surface area contributed by atoms with Gasteiger partial charge in [0, 0.05) is 18.8 Å². The van der Waals surface area contributed by atoms with Gasteiger partial charge in [-0.05, 0) is 47.5 Å². The van der Waals surface area contributed by atoms with Gasteiger partial charge in [0.15, 0.2) is 10.4 Å². The van der Waals surface area contributed by atoms with E-state index in [2.05, 4.69) is 26.2 Å². The second kappa shape index (κ2) is 6.56. The van der Waals surface area contributed by atoms with Gasteiger partial charge in [-0.25, -0.2) is 4.98 Å². The first kappa shape index (κ1) is 14.6. The van der Waals surface area contributed by atoms with Crippen LogP contribution in [-0.4, -0.2) is 17.0 Å². The Hall–Kier alpha value is -1.82. The molecule has 20 heavy (non-hydrogen) atoms. The molecule has 0 saturated carbocycles. The number of nitrogens with one attached hydrogen (secondary N) is 1. The first-order valence-corrected chi connectivity index (χ1v) is 6.99. The molecule has 0 aromatic carbocycles. The van der Waals surface area contributed by atoms with Crippen LogP contribution in [0.15, 0.2) is 39.5 Å². The van der Waals surface area contributed by atoms with Crippen molar-refractivity contribution in [3.63, 3.8) is 0 Å². The SMILES string of the molecule is CC(C)Oc1ccc(CNC(=O)c2ccc(Br)o2)cn1. The summed E-state index contributed by atoms with van der Waals surface area (Å²) in [5.74, 6) is 0.577. The first-order valence-electron chi connectivity index (χ1n) is 6.19. The molecule has 0 radical (unpaired) electrons. The van der Waals surface area contributed by atoms with Crippen molar-refractivity contribution in [1.82, 2.24) is 10.3 Å². The second-order valence-corrected chi connectivity index (χ2v) is 5.24. The van der Waals surface area contributed by atoms with Gasteiger partial charge in [-0.2, -0.15) is 0 Å². The Morgan fingerprint density at radius 1 is 1.40 bits per heavy atom. The van der Waals surface area contributed by atoms with Gasteiger partial charge in [0.05, 0.1) is 6.10 Å². The zero-order valence-electron chi connectivity index (χ0n) is 11.2. The fraction of sp³-hybridized carbons (Fsp3) is 0.286. The van der Waals surface area contributed by atoms with Crippen LogP contribution in [-0.2, 0) is 6.54 Å². The quantitative estimate of drug-likeness (QED) is 0.909. The minimum atomic E-state index is -0.266. The number of amides is 1. The average molecular weight is 339 g/mol. The van der Waals surface area contributed by atoms with E-state index < -0.39 is 0 Å². The highest BCUT2D eigenvalue weighted by molar-refractivity contribution is 9.10. The summed E-state index contributed by atoms with van der Waals surface area (Å²) >= 11 is 3.15. The van der Waals surface area contributed by atoms with Gasteiger partial charge < -0.3 is 14.5 Å². The number of hydrogen-bond acceptors (Lipinski definition) is 4. The molecule has 1 amide bonds. The summed E-state index contributed by atoms with van der Waals surface area (Å²) in [4.78, 5) is 15.9. The highest BCUT2D eigenvalue weighted by Crippen LogP contribution is 2.14. The maximum Gasteiger partial charge on any atom is 0.287 e. The molecule has 6 heteroatoms. The third kappa shape index (κ3) is 4.09. The van der Waals surface area contributed by atoms with E-state index in [-0.39, 0.29) is 17.8 Å². The molecule has 0 fully saturated rings. The Bertz CT molecular complexity index is 578. The van der Waals surface area contributed by atoms with Gasteiger partial charge >= 0.3 is 0 Å². The number of furan rings is 1. The largest absolute Gasteiger partial charge is 0.475 e. The fourth-order valence-electron chi connectivity index (χ4n) is 1.53. The lowest BCUT2D eigenvalue weighted by atomic mass is 10.3. The topological polar surface area (TPSA) is 64.4 Å². The summed E-state index contributed by atoms with van der Waals surface area (Å²) in [6.07, 6.45) is 1.77. The van der Waals surface area contributed by atoms with Crippen LogP contribution >= 0.6 is 15.9 Å². The number of hydrogen-bond donors (Lipinski definition) is 1. The van der Waals surface area contributed by atoms with Crippen LogP contribution in [0.4, 0.5) is 0 Å². The predicted octanol–water partition coefficient (Wildman–Crippen LogP) is 3.15. The van der Waals surface area contributed by atoms with Crippen LogP contribution in [0.1, 0.15) is 30.0 Å². The van der Waals surface area contributed by atoms with E-state index in [9.17, 15) is 4.79 Å². The van der Waals surface area contributed by atoms with E-state index in [1.54, 1.807) is 24.4 Å². The summed E-state index contributed by atoms with van der Waals surface area (Å²) in [5.41, 5.74) is 0.889. The van der Waals surface area contributed by atoms with Crippen LogP contribution in [0.25, 0.3) is 0 Å². The third-order valence-electron chi connectivity index (χ3n) is 2.40. The molecule has 5 nitrogen and oxygen atoms in total. The molecule has 106 valence electrons. The van der Waals surface area contributed by atoms with Crippen LogP contribution < -0.4 is 10.1 Å². The Kier molecular flexibility index (Phi) is 4.79. The van der Waals surface area contributed by atoms with E-state index in [1.807, 2.05) is 19.9 Å². The van der Waals surface area contributed by atoms with Crippen molar-refractivity contribution in [3.05, 3.63) is 46.5 Å². The van der Waals surface area contributed by atoms with Gasteiger partial charge in [0.2, 0.25) is 5.88 Å². The van der Waals surface area contributed by atoms with Gasteiger partial charge in [0.1, 0.15) is 0 Å². The van der Waals surface area contributed by atoms with Crippen molar-refractivity contribution < 1.29 is 13.9 Å². The van der Waals surface area contributed by atoms with Crippen LogP contribution in [0, 0.1) is 0 Å². The fourth-order valence-corrected chi connectivity index (χ4v) is 1.84. The zero-order chi connectivity index (χ0) is 14.5. The second-order valence-electron chi connectivity index (χ2n) is 4.46. The van der Waals surface area contributed by atoms with E-state index in [0.717, 1.165) is 5.56 Å². The maximum absolute atomic E-state index is 11.8. The molecular weight excluding hydrogens is 324 g/mol. The molecule has 0 aliphatic heterocycles. The number of carbonyl (C=O) groups is 1. The van der Waals surface area contributed by atoms with Crippen molar-refractivity contribution in [2.45, 2.75) is 26.5 Å². The molecule has 2 aromatic rings. The minimum absolute atomic E-state index is 0.0884. The van der Waals surface area contributed by atoms with Crippen LogP contribution in [0.5, 0.6) is 5.88 Å². The predicted molar refractivity (Wildman–Crippen MR) is 77.6 cm³/mol. The van der Waals surface area contributed by atoms with Gasteiger partial charge in [-0.3, -0.25) is 4.79 Å². The van der Waals surface area contributed by atoms with Crippen molar-refractivity contribution >= 4 is 21.8 Å². The molecule has 0 unspecified atom stereocenters. The number of carbonyl (C=O) groups excluding carboxylic acids is 1. The number of pyridine rings is 1. The van der Waals surface area contributed by atoms with Crippen LogP contribution in [0.3, 0.4) is 0 Å². The molecule has 2 aromatic heterocycles. The minimum Gasteiger partial charge on any atom is -0.475 e. The number of rotatable bonds is 5. The van der Waals surface area contributed by atoms with E-state index in [4.69, 9.17) is 9.15 Å². The highest BCUT2D eigenvalue weighted by Gasteiger charge is 2.09. The summed E-state index contributed by atoms with van der Waals surface area (Å²) in [7, 11) is 0. The molecule has 2 rings (SSSR count). The van der Waals surface area contributed by atoms with E-state index in [1.165, 1.54) is 0 Å². The summed E-state index contributed by atoms with van der Waals surface area (Å²) in [5, 5.41) is 2.75. The lowest BCUT2D eigenvalue weighted by Gasteiger charge is -2.09. The third-order valence-corrected chi connectivity index (χ3v) is 2.83. The molecule has 0 spiro atoms. The molecule has 0 saturated heterocycles. The maximum atomic E-state index is 11.8. The average Bonchev–Trinajstić information content (AvgIpc) is 2.84. The van der Waals surface area contributed by atoms with E-state index in [0.29, 0.717) is 17.1 Å². The highest BCUT2D eigenvalue weighted by atomic mass is 79.9. The number of nitrogens with zero attached hydrogens (tertiary/aromatic N) is 1. The summed E-state index contributed by atoms with van der Waals surface area (Å²) < 4.78 is 11.1. The number of aromatic nitrogens is 1. The van der Waals surface area contributed by atoms with Crippen molar-refractivity contribution in [2.75, 3.05) is 0 Å². The van der Waals surface area contributed by atoms with E-state index >= 15 is 0 Å². The molecular formula is C14H15BrN2O3. The van der Waals surface area contributed by atoms with Crippen molar-refractivity contribution in [3.8, 4) is 5.88 Å². The Labute approximate surface area is 125 Å². The lowest BCUT2D eigenvalue weighted by molar-refractivity contribution is 0.0922. The summed E-state index contributed by atoms with van der Waals surface area (Å²) in [6.45, 7) is 4.26. The normalized spacial score (nSPS) is 10.6. The molecule has 0 atom stereocenters. The zero-order valence-corrected chi connectivity index (χ0v) is 12.8. The van der Waals surface area contributed by atoms with Gasteiger partial charge in [-0.1, -0.05) is 6.07 Å². The number of halogens is 1. The molecule has 2 heterocycles. The molecule has 0 aliphatic carbocycles. The number of ether oxygens (including phenoxy) is 1. The Balaban J connectivity index is 1.89. The lowest BCUT2D eigenvalue weighted by Crippen LogP contribution is -2.22. The Morgan fingerprint density at radius 3 is 2.75 bits per heavy atom. The molecule has 0 aliphatic rings. The Morgan fingerprint density at radius 2 is 2.20 bits per heavy atom. The van der Waals surface area contributed by atoms with Crippen molar-refractivity contribution in [2.24, 2.45) is 0 Å².